The van der Waals surface area contributed by atoms with Gasteiger partial charge in [0.2, 0.25) is 0 Å². The summed E-state index contributed by atoms with van der Waals surface area (Å²) in [6, 6.07) is 13.4. The second-order valence-corrected chi connectivity index (χ2v) is 6.46. The molecule has 1 N–H and O–H groups in total. The lowest BCUT2D eigenvalue weighted by Gasteiger charge is -2.09. The molecular weight excluding hydrogens is 371 g/mol. The Morgan fingerprint density at radius 2 is 1.90 bits per heavy atom. The molecule has 0 bridgehead atoms. The normalized spacial score (nSPS) is 10.8. The summed E-state index contributed by atoms with van der Waals surface area (Å²) in [6.07, 6.45) is 5.28. The number of aryl methyl sites for hydroxylation is 1. The third-order valence-electron chi connectivity index (χ3n) is 4.50. The molecule has 29 heavy (non-hydrogen) atoms. The Kier molecular flexibility index (Phi) is 5.15. The minimum Gasteiger partial charge on any atom is -0.349 e. The van der Waals surface area contributed by atoms with Gasteiger partial charge in [-0.2, -0.15) is 5.10 Å². The van der Waals surface area contributed by atoms with Crippen LogP contribution in [0.1, 0.15) is 10.5 Å². The summed E-state index contributed by atoms with van der Waals surface area (Å²) in [7, 11) is 1.71. The van der Waals surface area contributed by atoms with Crippen molar-refractivity contribution in [2.45, 2.75) is 6.54 Å². The van der Waals surface area contributed by atoms with Crippen LogP contribution in [0, 0.1) is 5.82 Å². The van der Waals surface area contributed by atoms with Gasteiger partial charge in [0, 0.05) is 44.3 Å². The number of aromatic nitrogens is 5. The fourth-order valence-corrected chi connectivity index (χ4v) is 3.04. The zero-order valence-corrected chi connectivity index (χ0v) is 15.8. The minimum atomic E-state index is -0.313. The van der Waals surface area contributed by atoms with E-state index < -0.39 is 0 Å². The summed E-state index contributed by atoms with van der Waals surface area (Å²) in [5.41, 5.74) is 2.57. The number of halogens is 1. The van der Waals surface area contributed by atoms with Gasteiger partial charge in [0.15, 0.2) is 5.82 Å². The summed E-state index contributed by atoms with van der Waals surface area (Å²) in [6.45, 7) is 0.979. The number of hydrogen-bond acceptors (Lipinski definition) is 4. The van der Waals surface area contributed by atoms with E-state index in [4.69, 9.17) is 0 Å². The maximum absolute atomic E-state index is 13.1. The second kappa shape index (κ2) is 8.05. The molecule has 3 heterocycles. The van der Waals surface area contributed by atoms with Crippen LogP contribution in [-0.4, -0.2) is 36.8 Å². The Bertz CT molecular complexity index is 1120. The van der Waals surface area contributed by atoms with Gasteiger partial charge in [-0.25, -0.2) is 9.37 Å². The van der Waals surface area contributed by atoms with Crippen LogP contribution in [0.5, 0.6) is 0 Å². The van der Waals surface area contributed by atoms with Crippen molar-refractivity contribution in [3.05, 3.63) is 78.6 Å². The van der Waals surface area contributed by atoms with Crippen LogP contribution in [0.15, 0.2) is 67.1 Å². The molecule has 0 aliphatic rings. The van der Waals surface area contributed by atoms with Gasteiger partial charge in [0.05, 0.1) is 5.69 Å². The van der Waals surface area contributed by atoms with Gasteiger partial charge in [-0.15, -0.1) is 0 Å². The maximum Gasteiger partial charge on any atom is 0.269 e. The van der Waals surface area contributed by atoms with Crippen LogP contribution >= 0.6 is 0 Å². The third-order valence-corrected chi connectivity index (χ3v) is 4.50. The lowest BCUT2D eigenvalue weighted by molar-refractivity contribution is 0.0943. The van der Waals surface area contributed by atoms with Crippen molar-refractivity contribution < 1.29 is 9.18 Å². The first-order valence-corrected chi connectivity index (χ1v) is 9.12. The monoisotopic (exact) mass is 390 g/mol. The lowest BCUT2D eigenvalue weighted by atomic mass is 10.1. The van der Waals surface area contributed by atoms with Gasteiger partial charge in [-0.1, -0.05) is 6.07 Å². The lowest BCUT2D eigenvalue weighted by Crippen LogP contribution is -2.28. The van der Waals surface area contributed by atoms with Gasteiger partial charge < -0.3 is 9.88 Å². The van der Waals surface area contributed by atoms with Crippen molar-refractivity contribution in [2.75, 3.05) is 6.54 Å². The van der Waals surface area contributed by atoms with E-state index in [1.165, 1.54) is 16.8 Å². The molecule has 0 saturated carbocycles. The first-order valence-electron chi connectivity index (χ1n) is 9.12. The maximum atomic E-state index is 13.1. The molecule has 0 aliphatic carbocycles. The Balaban J connectivity index is 1.41. The number of imidazole rings is 1. The van der Waals surface area contributed by atoms with E-state index in [1.54, 1.807) is 37.6 Å². The summed E-state index contributed by atoms with van der Waals surface area (Å²) in [5.74, 6) is 0.207. The van der Waals surface area contributed by atoms with Crippen molar-refractivity contribution in [1.82, 2.24) is 29.6 Å². The van der Waals surface area contributed by atoms with Crippen LogP contribution in [0.2, 0.25) is 0 Å². The second-order valence-electron chi connectivity index (χ2n) is 6.46. The Labute approximate surface area is 166 Å². The highest BCUT2D eigenvalue weighted by atomic mass is 19.1. The van der Waals surface area contributed by atoms with E-state index >= 15 is 0 Å². The number of benzene rings is 1. The molecule has 146 valence electrons. The molecule has 1 aromatic carbocycles. The summed E-state index contributed by atoms with van der Waals surface area (Å²) in [5, 5.41) is 7.26. The van der Waals surface area contributed by atoms with E-state index in [9.17, 15) is 9.18 Å². The average molecular weight is 390 g/mol. The largest absolute Gasteiger partial charge is 0.349 e. The fourth-order valence-electron chi connectivity index (χ4n) is 3.04. The Morgan fingerprint density at radius 1 is 1.07 bits per heavy atom. The number of pyridine rings is 1. The molecule has 1 amide bonds. The molecule has 0 radical (unpaired) electrons. The van der Waals surface area contributed by atoms with Crippen LogP contribution in [0.4, 0.5) is 4.39 Å². The molecule has 0 spiro atoms. The topological polar surface area (TPSA) is 77.6 Å². The van der Waals surface area contributed by atoms with Crippen molar-refractivity contribution >= 4 is 5.91 Å². The van der Waals surface area contributed by atoms with Gasteiger partial charge in [0.1, 0.15) is 17.2 Å². The number of hydrogen-bond donors (Lipinski definition) is 1. The molecule has 7 nitrogen and oxygen atoms in total. The highest BCUT2D eigenvalue weighted by Crippen LogP contribution is 2.19. The van der Waals surface area contributed by atoms with Gasteiger partial charge in [0.25, 0.3) is 5.91 Å². The quantitative estimate of drug-likeness (QED) is 0.549. The van der Waals surface area contributed by atoms with E-state index in [-0.39, 0.29) is 11.7 Å². The molecule has 0 unspecified atom stereocenters. The summed E-state index contributed by atoms with van der Waals surface area (Å²) >= 11 is 0. The Hall–Kier alpha value is -3.81. The number of carbonyl (C=O) groups excluding carboxylic acids is 1. The molecule has 8 heteroatoms. The Morgan fingerprint density at radius 3 is 2.66 bits per heavy atom. The smallest absolute Gasteiger partial charge is 0.269 e. The molecule has 4 rings (SSSR count). The van der Waals surface area contributed by atoms with Crippen LogP contribution in [0.3, 0.4) is 0 Å². The van der Waals surface area contributed by atoms with Gasteiger partial charge >= 0.3 is 0 Å². The number of nitrogens with one attached hydrogen (secondary N) is 1. The molecule has 4 aromatic rings. The van der Waals surface area contributed by atoms with Crippen LogP contribution < -0.4 is 5.32 Å². The standard InChI is InChI=1S/C21H19FN6O/c1-27-19(14-18(26-27)15-5-7-16(22)8-6-15)21(29)25-11-13-28-12-10-24-20(28)17-4-2-3-9-23-17/h2-10,12,14H,11,13H2,1H3,(H,25,29). The molecule has 0 saturated heterocycles. The van der Waals surface area contributed by atoms with Crippen molar-refractivity contribution in [2.24, 2.45) is 7.05 Å². The number of carbonyl (C=O) groups is 1. The molecule has 3 aromatic heterocycles. The summed E-state index contributed by atoms with van der Waals surface area (Å²) < 4.78 is 16.6. The van der Waals surface area contributed by atoms with E-state index in [2.05, 4.69) is 20.4 Å². The van der Waals surface area contributed by atoms with E-state index in [0.717, 1.165) is 17.1 Å². The number of rotatable bonds is 6. The molecule has 0 aliphatic heterocycles. The van der Waals surface area contributed by atoms with Gasteiger partial charge in [-0.3, -0.25) is 14.5 Å². The third kappa shape index (κ3) is 4.06. The summed E-state index contributed by atoms with van der Waals surface area (Å²) in [4.78, 5) is 21.2. The molecule has 0 fully saturated rings. The van der Waals surface area contributed by atoms with Gasteiger partial charge in [-0.05, 0) is 42.5 Å². The first-order chi connectivity index (χ1) is 14.1. The van der Waals surface area contributed by atoms with E-state index in [1.807, 2.05) is 29.0 Å². The average Bonchev–Trinajstić information content (AvgIpc) is 3.36. The predicted octanol–water partition coefficient (Wildman–Crippen LogP) is 2.91. The zero-order valence-electron chi connectivity index (χ0n) is 15.8. The zero-order chi connectivity index (χ0) is 20.2. The van der Waals surface area contributed by atoms with Crippen LogP contribution in [-0.2, 0) is 13.6 Å². The van der Waals surface area contributed by atoms with Crippen molar-refractivity contribution in [3.8, 4) is 22.8 Å². The van der Waals surface area contributed by atoms with Crippen molar-refractivity contribution in [3.63, 3.8) is 0 Å². The highest BCUT2D eigenvalue weighted by Gasteiger charge is 2.14. The van der Waals surface area contributed by atoms with Crippen LogP contribution in [0.25, 0.3) is 22.8 Å². The highest BCUT2D eigenvalue weighted by molar-refractivity contribution is 5.93. The number of amides is 1. The van der Waals surface area contributed by atoms with Crippen molar-refractivity contribution in [1.29, 1.82) is 0 Å². The minimum absolute atomic E-state index is 0.229. The first kappa shape index (κ1) is 18.5. The molecule has 0 atom stereocenters. The predicted molar refractivity (Wildman–Crippen MR) is 106 cm³/mol. The SMILES string of the molecule is Cn1nc(-c2ccc(F)cc2)cc1C(=O)NCCn1ccnc1-c1ccccn1. The van der Waals surface area contributed by atoms with E-state index in [0.29, 0.717) is 24.5 Å². The fraction of sp³-hybridized carbons (Fsp3) is 0.143. The molecular formula is C21H19FN6O. The number of nitrogens with zero attached hydrogens (tertiary/aromatic N) is 5.